The molecule has 2 aromatic rings. The van der Waals surface area contributed by atoms with E-state index in [1.54, 1.807) is 7.11 Å². The van der Waals surface area contributed by atoms with Gasteiger partial charge in [-0.1, -0.05) is 51.5 Å². The fraction of sp³-hybridized carbons (Fsp3) is 0.409. The second-order valence-corrected chi connectivity index (χ2v) is 7.68. The molecule has 0 fully saturated rings. The highest BCUT2D eigenvalue weighted by molar-refractivity contribution is 5.73. The van der Waals surface area contributed by atoms with Crippen molar-refractivity contribution in [1.29, 1.82) is 0 Å². The van der Waals surface area contributed by atoms with Crippen molar-refractivity contribution in [1.82, 2.24) is 0 Å². The Balaban J connectivity index is 2.03. The van der Waals surface area contributed by atoms with Crippen LogP contribution in [0.3, 0.4) is 0 Å². The molecule has 0 heterocycles. The number of nitrogens with two attached hydrogens (primary N) is 1. The minimum atomic E-state index is -0.745. The molecule has 1 aliphatic rings. The maximum atomic E-state index is 11.3. The Morgan fingerprint density at radius 3 is 2.50 bits per heavy atom. The molecule has 26 heavy (non-hydrogen) atoms. The Labute approximate surface area is 155 Å². The molecule has 0 bridgehead atoms. The number of carbonyl (C=O) groups excluding carboxylic acids is 1. The van der Waals surface area contributed by atoms with E-state index in [-0.39, 0.29) is 11.5 Å². The van der Waals surface area contributed by atoms with Crippen molar-refractivity contribution in [2.75, 3.05) is 7.11 Å². The number of hydrogen-bond acceptors (Lipinski definition) is 3. The van der Waals surface area contributed by atoms with Gasteiger partial charge in [-0.25, -0.2) is 4.79 Å². The highest BCUT2D eigenvalue weighted by Crippen LogP contribution is 2.50. The first kappa shape index (κ1) is 18.3. The molecule has 0 aliphatic heterocycles. The number of amides is 1. The Morgan fingerprint density at radius 1 is 1.23 bits per heavy atom. The van der Waals surface area contributed by atoms with Crippen molar-refractivity contribution >= 4 is 6.09 Å². The van der Waals surface area contributed by atoms with Gasteiger partial charge in [-0.2, -0.15) is 0 Å². The molecular weight excluding hydrogens is 326 g/mol. The summed E-state index contributed by atoms with van der Waals surface area (Å²) < 4.78 is 11.1. The van der Waals surface area contributed by atoms with Gasteiger partial charge in [-0.05, 0) is 47.2 Å². The van der Waals surface area contributed by atoms with Crippen molar-refractivity contribution in [3.05, 3.63) is 53.1 Å². The topological polar surface area (TPSA) is 61.6 Å². The third kappa shape index (κ3) is 3.41. The van der Waals surface area contributed by atoms with Crippen LogP contribution in [0.15, 0.2) is 36.4 Å². The van der Waals surface area contributed by atoms with Crippen LogP contribution in [0.25, 0.3) is 11.1 Å². The normalized spacial score (nSPS) is 17.6. The monoisotopic (exact) mass is 353 g/mol. The second kappa shape index (κ2) is 7.02. The zero-order chi connectivity index (χ0) is 18.9. The summed E-state index contributed by atoms with van der Waals surface area (Å²) in [7, 11) is 1.67. The number of primary amides is 1. The number of ether oxygens (including phenoxy) is 2. The molecule has 1 aliphatic carbocycles. The molecule has 0 aromatic heterocycles. The van der Waals surface area contributed by atoms with Gasteiger partial charge in [0.05, 0.1) is 7.11 Å². The third-order valence-electron chi connectivity index (χ3n) is 5.14. The van der Waals surface area contributed by atoms with Gasteiger partial charge in [0.15, 0.2) is 0 Å². The Bertz CT molecular complexity index is 809. The molecule has 2 N–H and O–H groups in total. The smallest absolute Gasteiger partial charge is 0.405 e. The summed E-state index contributed by atoms with van der Waals surface area (Å²) in [4.78, 5) is 11.3. The molecular formula is C22H27NO3. The molecule has 2 aromatic carbocycles. The van der Waals surface area contributed by atoms with Crippen molar-refractivity contribution in [3.63, 3.8) is 0 Å². The molecule has 0 saturated carbocycles. The van der Waals surface area contributed by atoms with Crippen LogP contribution in [0, 0.1) is 5.41 Å². The number of methoxy groups -OCH3 is 1. The molecule has 4 heteroatoms. The second-order valence-electron chi connectivity index (χ2n) is 7.68. The van der Waals surface area contributed by atoms with E-state index in [0.29, 0.717) is 0 Å². The average molecular weight is 353 g/mol. The van der Waals surface area contributed by atoms with E-state index >= 15 is 0 Å². The predicted molar refractivity (Wildman–Crippen MR) is 103 cm³/mol. The lowest BCUT2D eigenvalue weighted by Gasteiger charge is -2.26. The fourth-order valence-electron chi connectivity index (χ4n) is 3.92. The number of rotatable bonds is 5. The minimum Gasteiger partial charge on any atom is -0.496 e. The molecule has 1 atom stereocenters. The zero-order valence-electron chi connectivity index (χ0n) is 16.0. The average Bonchev–Trinajstić information content (AvgIpc) is 2.84. The van der Waals surface area contributed by atoms with Crippen LogP contribution in [0.5, 0.6) is 5.75 Å². The first-order chi connectivity index (χ1) is 12.4. The first-order valence-electron chi connectivity index (χ1n) is 9.12. The molecule has 3 rings (SSSR count). The van der Waals surface area contributed by atoms with E-state index in [2.05, 4.69) is 51.1 Å². The van der Waals surface area contributed by atoms with Gasteiger partial charge in [0.1, 0.15) is 11.9 Å². The molecule has 1 unspecified atom stereocenters. The highest BCUT2D eigenvalue weighted by Gasteiger charge is 2.42. The van der Waals surface area contributed by atoms with E-state index in [1.807, 2.05) is 6.07 Å². The lowest BCUT2D eigenvalue weighted by Crippen LogP contribution is -2.25. The molecule has 4 nitrogen and oxygen atoms in total. The van der Waals surface area contributed by atoms with Crippen LogP contribution < -0.4 is 10.5 Å². The standard InChI is InChI=1S/C22H27NO3/c1-5-6-14-7-9-15(10-8-14)17-11-16-13-22(2,3)20(26-21(23)24)18(16)12-19(17)25-4/h7-12,20H,5-6,13H2,1-4H3,(H2,23,24). The van der Waals surface area contributed by atoms with Crippen LogP contribution in [-0.4, -0.2) is 13.2 Å². The molecule has 138 valence electrons. The van der Waals surface area contributed by atoms with Crippen molar-refractivity contribution in [2.24, 2.45) is 11.1 Å². The number of carbonyl (C=O) groups is 1. The van der Waals surface area contributed by atoms with E-state index in [0.717, 1.165) is 41.7 Å². The van der Waals surface area contributed by atoms with Gasteiger partial charge in [-0.3, -0.25) is 0 Å². The molecule has 0 saturated heterocycles. The summed E-state index contributed by atoms with van der Waals surface area (Å²) in [6.07, 6.45) is 1.95. The number of aryl methyl sites for hydroxylation is 1. The summed E-state index contributed by atoms with van der Waals surface area (Å²) in [5.74, 6) is 0.780. The van der Waals surface area contributed by atoms with Crippen LogP contribution in [0.4, 0.5) is 4.79 Å². The SMILES string of the molecule is CCCc1ccc(-c2cc3c(cc2OC)C(OC(N)=O)C(C)(C)C3)cc1. The van der Waals surface area contributed by atoms with E-state index in [4.69, 9.17) is 15.2 Å². The third-order valence-corrected chi connectivity index (χ3v) is 5.14. The zero-order valence-corrected chi connectivity index (χ0v) is 16.0. The number of fused-ring (bicyclic) bond motifs is 1. The lowest BCUT2D eigenvalue weighted by atomic mass is 9.87. The Hall–Kier alpha value is -2.49. The lowest BCUT2D eigenvalue weighted by molar-refractivity contribution is 0.0391. The summed E-state index contributed by atoms with van der Waals surface area (Å²) in [6.45, 7) is 6.36. The number of hydrogen-bond donors (Lipinski definition) is 1. The maximum Gasteiger partial charge on any atom is 0.405 e. The van der Waals surface area contributed by atoms with E-state index in [1.165, 1.54) is 11.1 Å². The van der Waals surface area contributed by atoms with Crippen LogP contribution in [0.2, 0.25) is 0 Å². The van der Waals surface area contributed by atoms with Gasteiger partial charge >= 0.3 is 6.09 Å². The Morgan fingerprint density at radius 2 is 1.92 bits per heavy atom. The van der Waals surface area contributed by atoms with Crippen LogP contribution >= 0.6 is 0 Å². The van der Waals surface area contributed by atoms with E-state index in [9.17, 15) is 4.79 Å². The quantitative estimate of drug-likeness (QED) is 0.820. The molecule has 0 radical (unpaired) electrons. The summed E-state index contributed by atoms with van der Waals surface area (Å²) >= 11 is 0. The summed E-state index contributed by atoms with van der Waals surface area (Å²) in [6, 6.07) is 12.8. The predicted octanol–water partition coefficient (Wildman–Crippen LogP) is 5.03. The van der Waals surface area contributed by atoms with Gasteiger partial charge in [0.2, 0.25) is 0 Å². The molecule has 0 spiro atoms. The van der Waals surface area contributed by atoms with E-state index < -0.39 is 6.09 Å². The van der Waals surface area contributed by atoms with Gasteiger partial charge in [0.25, 0.3) is 0 Å². The van der Waals surface area contributed by atoms with Crippen LogP contribution in [-0.2, 0) is 17.6 Å². The maximum absolute atomic E-state index is 11.3. The molecule has 1 amide bonds. The highest BCUT2D eigenvalue weighted by atomic mass is 16.6. The summed E-state index contributed by atoms with van der Waals surface area (Å²) in [5.41, 5.74) is 10.8. The van der Waals surface area contributed by atoms with Crippen LogP contribution in [0.1, 0.15) is 50.0 Å². The number of benzene rings is 2. The van der Waals surface area contributed by atoms with Gasteiger partial charge < -0.3 is 15.2 Å². The largest absolute Gasteiger partial charge is 0.496 e. The van der Waals surface area contributed by atoms with Gasteiger partial charge in [0, 0.05) is 11.0 Å². The van der Waals surface area contributed by atoms with Crippen molar-refractivity contribution in [2.45, 2.75) is 46.1 Å². The Kier molecular flexibility index (Phi) is 4.94. The van der Waals surface area contributed by atoms with Gasteiger partial charge in [-0.15, -0.1) is 0 Å². The fourth-order valence-corrected chi connectivity index (χ4v) is 3.92. The minimum absolute atomic E-state index is 0.202. The van der Waals surface area contributed by atoms with Crippen molar-refractivity contribution < 1.29 is 14.3 Å². The van der Waals surface area contributed by atoms with Crippen molar-refractivity contribution in [3.8, 4) is 16.9 Å². The summed E-state index contributed by atoms with van der Waals surface area (Å²) in [5, 5.41) is 0. The first-order valence-corrected chi connectivity index (χ1v) is 9.12.